The lowest BCUT2D eigenvalue weighted by Crippen LogP contribution is -2.10. The Morgan fingerprint density at radius 2 is 0.628 bits per heavy atom. The van der Waals surface area contributed by atoms with E-state index in [0.717, 1.165) is 28.1 Å². The van der Waals surface area contributed by atoms with Crippen molar-refractivity contribution in [1.29, 1.82) is 0 Å². The van der Waals surface area contributed by atoms with E-state index in [1.807, 2.05) is 12.1 Å². The van der Waals surface area contributed by atoms with Crippen LogP contribution < -0.4 is 4.90 Å². The molecule has 43 heavy (non-hydrogen) atoms. The second-order valence-corrected chi connectivity index (χ2v) is 10.3. The van der Waals surface area contributed by atoms with E-state index in [1.165, 1.54) is 22.3 Å². The fourth-order valence-electron chi connectivity index (χ4n) is 4.98. The largest absolute Gasteiger partial charge is 0.317 e. The third kappa shape index (κ3) is 7.35. The molecular formula is C42H33N. The van der Waals surface area contributed by atoms with Crippen LogP contribution in [0, 0.1) is 0 Å². The average molecular weight is 552 g/mol. The van der Waals surface area contributed by atoms with Crippen molar-refractivity contribution in [1.82, 2.24) is 0 Å². The lowest BCUT2D eigenvalue weighted by molar-refractivity contribution is 1.28. The normalized spacial score (nSPS) is 11.1. The highest BCUT2D eigenvalue weighted by atomic mass is 15.1. The van der Waals surface area contributed by atoms with E-state index in [1.54, 1.807) is 0 Å². The lowest BCUT2D eigenvalue weighted by Gasteiger charge is -2.24. The number of nitrogens with zero attached hydrogens (tertiary/aromatic N) is 1. The van der Waals surface area contributed by atoms with E-state index in [2.05, 4.69) is 193 Å². The zero-order chi connectivity index (χ0) is 29.1. The molecule has 6 rings (SSSR count). The Bertz CT molecular complexity index is 1660. The Morgan fingerprint density at radius 1 is 0.326 bits per heavy atom. The summed E-state index contributed by atoms with van der Waals surface area (Å²) in [5, 5.41) is 0. The Labute approximate surface area is 255 Å². The van der Waals surface area contributed by atoms with E-state index in [4.69, 9.17) is 0 Å². The van der Waals surface area contributed by atoms with E-state index in [-0.39, 0.29) is 0 Å². The van der Waals surface area contributed by atoms with Crippen LogP contribution in [0.4, 0.5) is 11.4 Å². The molecule has 0 spiro atoms. The summed E-state index contributed by atoms with van der Waals surface area (Å²) >= 11 is 0. The molecule has 206 valence electrons. The van der Waals surface area contributed by atoms with Gasteiger partial charge in [0, 0.05) is 23.1 Å². The molecule has 0 atom stereocenters. The molecule has 0 fully saturated rings. The maximum atomic E-state index is 2.28. The third-order valence-electron chi connectivity index (χ3n) is 7.31. The summed E-state index contributed by atoms with van der Waals surface area (Å²) < 4.78 is 0. The summed E-state index contributed by atoms with van der Waals surface area (Å²) in [7, 11) is 0. The monoisotopic (exact) mass is 551 g/mol. The first-order valence-corrected chi connectivity index (χ1v) is 14.6. The highest BCUT2D eigenvalue weighted by molar-refractivity contribution is 5.84. The number of benzene rings is 6. The fourth-order valence-corrected chi connectivity index (χ4v) is 4.98. The number of hydrogen-bond acceptors (Lipinski definition) is 1. The molecular weight excluding hydrogens is 518 g/mol. The molecule has 0 saturated carbocycles. The van der Waals surface area contributed by atoms with Gasteiger partial charge in [0.1, 0.15) is 0 Å². The molecule has 0 aliphatic carbocycles. The van der Waals surface area contributed by atoms with Crippen LogP contribution in [0.3, 0.4) is 0 Å². The summed E-state index contributed by atoms with van der Waals surface area (Å²) in [5.41, 5.74) is 10.4. The zero-order valence-electron chi connectivity index (χ0n) is 24.0. The van der Waals surface area contributed by atoms with Gasteiger partial charge in [-0.1, -0.05) is 170 Å². The Balaban J connectivity index is 1.38. The quantitative estimate of drug-likeness (QED) is 0.162. The van der Waals surface area contributed by atoms with Gasteiger partial charge in [-0.15, -0.1) is 0 Å². The number of rotatable bonds is 9. The molecule has 6 aromatic rings. The van der Waals surface area contributed by atoms with E-state index in [0.29, 0.717) is 0 Å². The van der Waals surface area contributed by atoms with Crippen LogP contribution in [0.5, 0.6) is 0 Å². The molecule has 6 aromatic carbocycles. The summed E-state index contributed by atoms with van der Waals surface area (Å²) in [6.07, 6.45) is 10.9. The van der Waals surface area contributed by atoms with E-state index in [9.17, 15) is 0 Å². The van der Waals surface area contributed by atoms with Crippen molar-refractivity contribution >= 4 is 41.3 Å². The van der Waals surface area contributed by atoms with Crippen LogP contribution in [0.1, 0.15) is 33.4 Å². The van der Waals surface area contributed by atoms with Gasteiger partial charge in [0.15, 0.2) is 0 Å². The first-order chi connectivity index (χ1) is 21.3. The van der Waals surface area contributed by atoms with Gasteiger partial charge in [-0.2, -0.15) is 0 Å². The molecule has 0 aromatic heterocycles. The summed E-state index contributed by atoms with van der Waals surface area (Å²) in [6.45, 7) is 0. The third-order valence-corrected chi connectivity index (χ3v) is 7.31. The molecule has 1 nitrogen and oxygen atoms in total. The van der Waals surface area contributed by atoms with Gasteiger partial charge in [0.2, 0.25) is 0 Å². The molecule has 0 bridgehead atoms. The maximum absolute atomic E-state index is 2.28. The van der Waals surface area contributed by atoms with Crippen molar-refractivity contribution in [3.05, 3.63) is 209 Å². The molecule has 0 saturated heterocycles. The molecule has 0 radical (unpaired) electrons. The van der Waals surface area contributed by atoms with Crippen LogP contribution in [-0.4, -0.2) is 0 Å². The highest BCUT2D eigenvalue weighted by Gasteiger charge is 2.12. The fraction of sp³-hybridized carbons (Fsp3) is 0. The van der Waals surface area contributed by atoms with Gasteiger partial charge >= 0.3 is 0 Å². The smallest absolute Gasteiger partial charge is 0.0456 e. The molecule has 0 aliphatic rings. The lowest BCUT2D eigenvalue weighted by atomic mass is 9.98. The minimum Gasteiger partial charge on any atom is -0.317 e. The Kier molecular flexibility index (Phi) is 8.83. The molecule has 0 unspecified atom stereocenters. The van der Waals surface area contributed by atoms with Crippen LogP contribution in [0.2, 0.25) is 0 Å². The zero-order valence-corrected chi connectivity index (χ0v) is 24.0. The average Bonchev–Trinajstić information content (AvgIpc) is 3.09. The molecule has 0 heterocycles. The second-order valence-electron chi connectivity index (χ2n) is 10.3. The predicted molar refractivity (Wildman–Crippen MR) is 186 cm³/mol. The van der Waals surface area contributed by atoms with Crippen LogP contribution >= 0.6 is 0 Å². The molecule has 1 heteroatoms. The number of anilines is 2. The summed E-state index contributed by atoms with van der Waals surface area (Å²) in [6, 6.07) is 59.5. The van der Waals surface area contributed by atoms with Crippen LogP contribution in [0.25, 0.3) is 29.9 Å². The SMILES string of the molecule is C(=Cc1ccc(N(C=C(c2ccccc2)c2ccccc2)c2ccc(C=Cc3ccccc3)cc2)cc1)c1ccccc1. The van der Waals surface area contributed by atoms with Gasteiger partial charge in [-0.3, -0.25) is 0 Å². The van der Waals surface area contributed by atoms with Crippen molar-refractivity contribution in [3.63, 3.8) is 0 Å². The van der Waals surface area contributed by atoms with Gasteiger partial charge in [-0.25, -0.2) is 0 Å². The van der Waals surface area contributed by atoms with Crippen LogP contribution in [0.15, 0.2) is 176 Å². The van der Waals surface area contributed by atoms with Crippen molar-refractivity contribution in [2.75, 3.05) is 4.90 Å². The van der Waals surface area contributed by atoms with Gasteiger partial charge in [0.25, 0.3) is 0 Å². The molecule has 0 amide bonds. The summed E-state index contributed by atoms with van der Waals surface area (Å²) in [5.74, 6) is 0. The minimum atomic E-state index is 1.09. The van der Waals surface area contributed by atoms with E-state index >= 15 is 0 Å². The van der Waals surface area contributed by atoms with Gasteiger partial charge in [-0.05, 0) is 57.6 Å². The summed E-state index contributed by atoms with van der Waals surface area (Å²) in [4.78, 5) is 2.28. The second kappa shape index (κ2) is 13.8. The molecule has 0 N–H and O–H groups in total. The molecule has 0 aliphatic heterocycles. The first-order valence-electron chi connectivity index (χ1n) is 14.6. The van der Waals surface area contributed by atoms with Crippen LogP contribution in [-0.2, 0) is 0 Å². The van der Waals surface area contributed by atoms with Crippen molar-refractivity contribution in [2.24, 2.45) is 0 Å². The van der Waals surface area contributed by atoms with Gasteiger partial charge in [0.05, 0.1) is 0 Å². The Morgan fingerprint density at radius 3 is 0.977 bits per heavy atom. The minimum absolute atomic E-state index is 1.09. The standard InChI is InChI=1S/C42H33N/c1-5-13-34(14-6-1)21-23-36-25-29-40(30-26-36)43(33-42(38-17-9-3-10-18-38)39-19-11-4-12-20-39)41-31-27-37(28-32-41)24-22-35-15-7-2-8-16-35/h1-33H. The van der Waals surface area contributed by atoms with Crippen molar-refractivity contribution < 1.29 is 0 Å². The Hall–Kier alpha value is -5.66. The number of hydrogen-bond donors (Lipinski definition) is 0. The van der Waals surface area contributed by atoms with Crippen molar-refractivity contribution in [3.8, 4) is 0 Å². The topological polar surface area (TPSA) is 3.24 Å². The van der Waals surface area contributed by atoms with Gasteiger partial charge < -0.3 is 4.90 Å². The maximum Gasteiger partial charge on any atom is 0.0456 e. The van der Waals surface area contributed by atoms with Crippen molar-refractivity contribution in [2.45, 2.75) is 0 Å². The van der Waals surface area contributed by atoms with E-state index < -0.39 is 0 Å². The predicted octanol–water partition coefficient (Wildman–Crippen LogP) is 11.3. The highest BCUT2D eigenvalue weighted by Crippen LogP contribution is 2.32. The first kappa shape index (κ1) is 27.5.